The zero-order chi connectivity index (χ0) is 17.7. The predicted octanol–water partition coefficient (Wildman–Crippen LogP) is 4.20. The maximum absolute atomic E-state index is 12.9. The molecule has 0 aliphatic rings. The van der Waals surface area contributed by atoms with Crippen LogP contribution < -0.4 is 8.92 Å². The number of halogens is 4. The van der Waals surface area contributed by atoms with Crippen LogP contribution in [0.25, 0.3) is 11.3 Å². The van der Waals surface area contributed by atoms with Crippen molar-refractivity contribution in [2.75, 3.05) is 13.7 Å². The van der Waals surface area contributed by atoms with E-state index in [9.17, 15) is 13.2 Å². The van der Waals surface area contributed by atoms with Gasteiger partial charge in [0, 0.05) is 12.4 Å². The normalized spacial score (nSPS) is 11.4. The van der Waals surface area contributed by atoms with Crippen molar-refractivity contribution in [3.05, 3.63) is 29.3 Å². The van der Waals surface area contributed by atoms with E-state index in [1.165, 1.54) is 13.3 Å². The molecule has 2 heterocycles. The molecule has 0 saturated carbocycles. The summed E-state index contributed by atoms with van der Waals surface area (Å²) in [6.07, 6.45) is -2.61. The Morgan fingerprint density at radius 2 is 2.00 bits per heavy atom. The molecule has 11 heteroatoms. The van der Waals surface area contributed by atoms with Gasteiger partial charge in [0.15, 0.2) is 5.75 Å². The van der Waals surface area contributed by atoms with Crippen molar-refractivity contribution in [1.29, 1.82) is 0 Å². The number of alkyl halides is 3. The second-order valence-electron chi connectivity index (χ2n) is 4.19. The van der Waals surface area contributed by atoms with Crippen molar-refractivity contribution >= 4 is 23.9 Å². The van der Waals surface area contributed by atoms with Crippen molar-refractivity contribution in [2.24, 2.45) is 0 Å². The summed E-state index contributed by atoms with van der Waals surface area (Å²) in [6, 6.07) is 0.808. The fourth-order valence-corrected chi connectivity index (χ4v) is 2.11. The third-order valence-corrected chi connectivity index (χ3v) is 3.40. The number of hydrogen-bond acceptors (Lipinski definition) is 7. The lowest BCUT2D eigenvalue weighted by molar-refractivity contribution is -0.137. The molecule has 0 saturated heterocycles. The van der Waals surface area contributed by atoms with E-state index in [4.69, 9.17) is 24.7 Å². The molecule has 0 atom stereocenters. The van der Waals surface area contributed by atoms with E-state index >= 15 is 0 Å². The summed E-state index contributed by atoms with van der Waals surface area (Å²) in [4.78, 5) is 11.5. The average molecular weight is 382 g/mol. The molecule has 6 nitrogen and oxygen atoms in total. The van der Waals surface area contributed by atoms with Gasteiger partial charge in [0.05, 0.1) is 24.8 Å². The molecule has 0 aliphatic heterocycles. The summed E-state index contributed by atoms with van der Waals surface area (Å²) in [6.45, 7) is 2.01. The van der Waals surface area contributed by atoms with Crippen LogP contribution in [0.2, 0.25) is 5.28 Å². The summed E-state index contributed by atoms with van der Waals surface area (Å²) in [5, 5.41) is -0.0753. The number of aromatic nitrogens is 3. The first-order valence-electron chi connectivity index (χ1n) is 6.47. The number of methoxy groups -OCH3 is 1. The minimum Gasteiger partial charge on any atom is -0.480 e. The van der Waals surface area contributed by atoms with Crippen molar-refractivity contribution < 1.29 is 26.3 Å². The Hall–Kier alpha value is -1.78. The van der Waals surface area contributed by atoms with Gasteiger partial charge >= 0.3 is 6.18 Å². The van der Waals surface area contributed by atoms with Gasteiger partial charge in [-0.05, 0) is 24.6 Å². The Morgan fingerprint density at radius 1 is 1.25 bits per heavy atom. The molecule has 2 aromatic heterocycles. The summed E-state index contributed by atoms with van der Waals surface area (Å²) >= 11 is 6.22. The van der Waals surface area contributed by atoms with E-state index in [-0.39, 0.29) is 28.2 Å². The lowest BCUT2D eigenvalue weighted by Gasteiger charge is -2.13. The lowest BCUT2D eigenvalue weighted by Crippen LogP contribution is -2.07. The zero-order valence-electron chi connectivity index (χ0n) is 12.4. The van der Waals surface area contributed by atoms with Crippen LogP contribution in [0.4, 0.5) is 13.2 Å². The molecule has 0 aromatic carbocycles. The van der Waals surface area contributed by atoms with Crippen LogP contribution >= 0.6 is 23.9 Å². The number of ether oxygens (including phenoxy) is 1. The fourth-order valence-electron chi connectivity index (χ4n) is 1.64. The van der Waals surface area contributed by atoms with Crippen molar-refractivity contribution in [1.82, 2.24) is 15.0 Å². The topological polar surface area (TPSA) is 66.4 Å². The molecule has 0 unspecified atom stereocenters. The molecular formula is C13H11ClF3N3O3S. The maximum atomic E-state index is 12.9. The van der Waals surface area contributed by atoms with Crippen LogP contribution in [0.5, 0.6) is 11.6 Å². The lowest BCUT2D eigenvalue weighted by atomic mass is 10.1. The first-order chi connectivity index (χ1) is 11.4. The maximum Gasteiger partial charge on any atom is 0.418 e. The van der Waals surface area contributed by atoms with Gasteiger partial charge in [-0.3, -0.25) is 9.17 Å². The molecule has 24 heavy (non-hydrogen) atoms. The van der Waals surface area contributed by atoms with Gasteiger partial charge in [0.2, 0.25) is 23.5 Å². The van der Waals surface area contributed by atoms with E-state index in [0.717, 1.165) is 6.07 Å². The first kappa shape index (κ1) is 18.6. The summed E-state index contributed by atoms with van der Waals surface area (Å²) in [5.41, 5.74) is -0.682. The molecule has 0 N–H and O–H groups in total. The molecule has 0 radical (unpaired) electrons. The van der Waals surface area contributed by atoms with E-state index < -0.39 is 11.7 Å². The van der Waals surface area contributed by atoms with Crippen LogP contribution in [0.3, 0.4) is 0 Å². The molecule has 0 bridgehead atoms. The van der Waals surface area contributed by atoms with Gasteiger partial charge in [0.25, 0.3) is 0 Å². The Kier molecular flexibility index (Phi) is 6.08. The second-order valence-corrected chi connectivity index (χ2v) is 5.06. The zero-order valence-corrected chi connectivity index (χ0v) is 14.0. The van der Waals surface area contributed by atoms with Crippen molar-refractivity contribution in [2.45, 2.75) is 13.1 Å². The number of pyridine rings is 1. The minimum atomic E-state index is -4.57. The van der Waals surface area contributed by atoms with Gasteiger partial charge in [-0.15, -0.1) is 0 Å². The first-order valence-corrected chi connectivity index (χ1v) is 7.51. The SMILES string of the molecule is CCOSOc1cc(C(F)(F)F)cnc1-c1cnc(Cl)nc1OC. The van der Waals surface area contributed by atoms with Crippen LogP contribution in [-0.2, 0) is 10.4 Å². The van der Waals surface area contributed by atoms with Gasteiger partial charge < -0.3 is 8.92 Å². The average Bonchev–Trinajstić information content (AvgIpc) is 2.54. The highest BCUT2D eigenvalue weighted by Crippen LogP contribution is 2.39. The standard InChI is InChI=1S/C13H11ClF3N3O3S/c1-3-22-24-23-9-4-7(13(15,16)17)5-18-10(9)8-6-19-12(14)20-11(8)21-2/h4-6H,3H2,1-2H3. The number of nitrogens with zero attached hydrogens (tertiary/aromatic N) is 3. The third kappa shape index (κ3) is 4.40. The molecule has 0 aliphatic carbocycles. The van der Waals surface area contributed by atoms with E-state index in [1.807, 2.05) is 0 Å². The Labute approximate surface area is 144 Å². The van der Waals surface area contributed by atoms with E-state index in [0.29, 0.717) is 25.1 Å². The number of hydrogen-bond donors (Lipinski definition) is 0. The monoisotopic (exact) mass is 381 g/mol. The summed E-state index contributed by atoms with van der Waals surface area (Å²) in [5.74, 6) is -0.124. The van der Waals surface area contributed by atoms with Gasteiger partial charge in [-0.2, -0.15) is 18.2 Å². The quantitative estimate of drug-likeness (QED) is 0.422. The Balaban J connectivity index is 2.52. The molecule has 0 spiro atoms. The van der Waals surface area contributed by atoms with Gasteiger partial charge in [-0.1, -0.05) is 0 Å². The fraction of sp³-hybridized carbons (Fsp3) is 0.308. The predicted molar refractivity (Wildman–Crippen MR) is 81.7 cm³/mol. The molecule has 2 aromatic rings. The minimum absolute atomic E-state index is 0.0496. The third-order valence-electron chi connectivity index (χ3n) is 2.64. The van der Waals surface area contributed by atoms with Crippen molar-refractivity contribution in [3.8, 4) is 22.9 Å². The summed E-state index contributed by atoms with van der Waals surface area (Å²) in [7, 11) is 1.34. The molecule has 130 valence electrons. The molecule has 2 rings (SSSR count). The highest BCUT2D eigenvalue weighted by atomic mass is 35.5. The van der Waals surface area contributed by atoms with Crippen LogP contribution in [0.1, 0.15) is 12.5 Å². The summed E-state index contributed by atoms with van der Waals surface area (Å²) < 4.78 is 53.8. The molecule has 0 fully saturated rings. The smallest absolute Gasteiger partial charge is 0.418 e. The van der Waals surface area contributed by atoms with Crippen LogP contribution in [-0.4, -0.2) is 28.7 Å². The molecule has 0 amide bonds. The number of rotatable bonds is 6. The Morgan fingerprint density at radius 3 is 2.62 bits per heavy atom. The Bertz CT molecular complexity index is 719. The van der Waals surface area contributed by atoms with E-state index in [1.54, 1.807) is 6.92 Å². The van der Waals surface area contributed by atoms with Gasteiger partial charge in [0.1, 0.15) is 5.69 Å². The van der Waals surface area contributed by atoms with Crippen LogP contribution in [0, 0.1) is 0 Å². The van der Waals surface area contributed by atoms with Crippen LogP contribution in [0.15, 0.2) is 18.5 Å². The van der Waals surface area contributed by atoms with Gasteiger partial charge in [-0.25, -0.2) is 4.98 Å². The molecular weight excluding hydrogens is 371 g/mol. The highest BCUT2D eigenvalue weighted by molar-refractivity contribution is 7.90. The van der Waals surface area contributed by atoms with Crippen molar-refractivity contribution in [3.63, 3.8) is 0 Å². The largest absolute Gasteiger partial charge is 0.480 e. The van der Waals surface area contributed by atoms with E-state index in [2.05, 4.69) is 15.0 Å². The second kappa shape index (κ2) is 7.86. The highest BCUT2D eigenvalue weighted by Gasteiger charge is 2.32.